The number of thiophene rings is 2. The van der Waals surface area contributed by atoms with Crippen LogP contribution in [0.2, 0.25) is 0 Å². The molecule has 0 atom stereocenters. The van der Waals surface area contributed by atoms with Crippen LogP contribution in [0.25, 0.3) is 20.7 Å². The van der Waals surface area contributed by atoms with E-state index in [2.05, 4.69) is 10.3 Å². The Morgan fingerprint density at radius 1 is 1.13 bits per heavy atom. The fraction of sp³-hybridized carbons (Fsp3) is 0.182. The van der Waals surface area contributed by atoms with Crippen molar-refractivity contribution in [1.82, 2.24) is 9.55 Å². The minimum Gasteiger partial charge on any atom is -0.325 e. The highest BCUT2D eigenvalue weighted by molar-refractivity contribution is 7.18. The predicted octanol–water partition coefficient (Wildman–Crippen LogP) is 3.95. The molecule has 4 aromatic rings. The first kappa shape index (κ1) is 19.7. The van der Waals surface area contributed by atoms with E-state index in [4.69, 9.17) is 0 Å². The normalized spacial score (nSPS) is 13.8. The van der Waals surface area contributed by atoms with E-state index >= 15 is 0 Å². The lowest BCUT2D eigenvalue weighted by atomic mass is 10.2. The Morgan fingerprint density at radius 3 is 2.68 bits per heavy atom. The number of aromatic nitrogens is 2. The van der Waals surface area contributed by atoms with Crippen LogP contribution in [0.3, 0.4) is 0 Å². The molecule has 1 aromatic carbocycles. The molecule has 0 spiro atoms. The van der Waals surface area contributed by atoms with Crippen LogP contribution < -0.4 is 15.8 Å². The molecule has 1 aliphatic rings. The lowest BCUT2D eigenvalue weighted by Gasteiger charge is -2.16. The zero-order chi connectivity index (χ0) is 21.4. The number of rotatable bonds is 5. The number of carbonyl (C=O) groups excluding carboxylic acids is 2. The maximum absolute atomic E-state index is 13.0. The molecular formula is C22H18N4O3S2. The molecule has 156 valence electrons. The first-order chi connectivity index (χ1) is 15.1. The summed E-state index contributed by atoms with van der Waals surface area (Å²) >= 11 is 2.99. The summed E-state index contributed by atoms with van der Waals surface area (Å²) < 4.78 is 1.33. The van der Waals surface area contributed by atoms with E-state index in [0.717, 1.165) is 29.1 Å². The molecule has 31 heavy (non-hydrogen) atoms. The minimum absolute atomic E-state index is 0.120. The number of amides is 2. The SMILES string of the molecule is O=C(Cn1cnc2scc(-c3cccs3)c2c1=O)Nc1ccc(N2CCCC2=O)cc1. The summed E-state index contributed by atoms with van der Waals surface area (Å²) in [5.74, 6) is -0.199. The van der Waals surface area contributed by atoms with Gasteiger partial charge in [-0.05, 0) is 42.1 Å². The van der Waals surface area contributed by atoms with Gasteiger partial charge in [-0.3, -0.25) is 19.0 Å². The van der Waals surface area contributed by atoms with Crippen molar-refractivity contribution in [3.63, 3.8) is 0 Å². The Hall–Kier alpha value is -3.30. The third-order valence-electron chi connectivity index (χ3n) is 5.20. The Kier molecular flexibility index (Phi) is 5.13. The van der Waals surface area contributed by atoms with E-state index in [1.54, 1.807) is 28.4 Å². The summed E-state index contributed by atoms with van der Waals surface area (Å²) in [6.45, 7) is 0.590. The number of nitrogens with one attached hydrogen (secondary N) is 1. The van der Waals surface area contributed by atoms with Gasteiger partial charge < -0.3 is 10.2 Å². The molecule has 7 nitrogen and oxygen atoms in total. The van der Waals surface area contributed by atoms with Gasteiger partial charge in [-0.15, -0.1) is 22.7 Å². The van der Waals surface area contributed by atoms with Crippen molar-refractivity contribution in [2.24, 2.45) is 0 Å². The zero-order valence-corrected chi connectivity index (χ0v) is 18.0. The third kappa shape index (κ3) is 3.77. The standard InChI is InChI=1S/C22H18N4O3S2/c27-18(24-14-5-7-15(8-6-14)26-9-1-4-19(26)28)11-25-13-23-21-20(22(25)29)16(12-31-21)17-3-2-10-30-17/h2-3,5-8,10,12-13H,1,4,9,11H2,(H,24,27). The van der Waals surface area contributed by atoms with Crippen LogP contribution in [-0.2, 0) is 16.1 Å². The van der Waals surface area contributed by atoms with Crippen molar-refractivity contribution in [2.75, 3.05) is 16.8 Å². The number of fused-ring (bicyclic) bond motifs is 1. The number of nitrogens with zero attached hydrogens (tertiary/aromatic N) is 3. The van der Waals surface area contributed by atoms with Crippen LogP contribution in [0.1, 0.15) is 12.8 Å². The average Bonchev–Trinajstić information content (AvgIpc) is 3.51. The zero-order valence-electron chi connectivity index (χ0n) is 16.4. The number of benzene rings is 1. The summed E-state index contributed by atoms with van der Waals surface area (Å²) in [6, 6.07) is 11.1. The smallest absolute Gasteiger partial charge is 0.263 e. The van der Waals surface area contributed by atoms with E-state index < -0.39 is 0 Å². The molecule has 3 aromatic heterocycles. The van der Waals surface area contributed by atoms with Crippen molar-refractivity contribution >= 4 is 56.1 Å². The lowest BCUT2D eigenvalue weighted by Crippen LogP contribution is -2.28. The summed E-state index contributed by atoms with van der Waals surface area (Å²) in [5, 5.41) is 7.25. The second-order valence-corrected chi connectivity index (χ2v) is 9.03. The summed E-state index contributed by atoms with van der Waals surface area (Å²) in [6.07, 6.45) is 2.85. The van der Waals surface area contributed by atoms with Crippen LogP contribution in [0.4, 0.5) is 11.4 Å². The van der Waals surface area contributed by atoms with Gasteiger partial charge in [-0.1, -0.05) is 6.07 Å². The molecular weight excluding hydrogens is 432 g/mol. The molecule has 0 aliphatic carbocycles. The van der Waals surface area contributed by atoms with Gasteiger partial charge in [0, 0.05) is 40.2 Å². The van der Waals surface area contributed by atoms with E-state index in [9.17, 15) is 14.4 Å². The Labute approximate surface area is 185 Å². The van der Waals surface area contributed by atoms with Gasteiger partial charge in [0.25, 0.3) is 5.56 Å². The fourth-order valence-corrected chi connectivity index (χ4v) is 5.42. The highest BCUT2D eigenvalue weighted by Crippen LogP contribution is 2.33. The highest BCUT2D eigenvalue weighted by atomic mass is 32.1. The van der Waals surface area contributed by atoms with Crippen LogP contribution in [0.15, 0.2) is 58.3 Å². The molecule has 9 heteroatoms. The Bertz CT molecular complexity index is 1320. The van der Waals surface area contributed by atoms with Gasteiger partial charge in [0.1, 0.15) is 11.4 Å². The highest BCUT2D eigenvalue weighted by Gasteiger charge is 2.21. The Morgan fingerprint density at radius 2 is 1.97 bits per heavy atom. The summed E-state index contributed by atoms with van der Waals surface area (Å²) in [4.78, 5) is 45.2. The van der Waals surface area contributed by atoms with E-state index in [-0.39, 0.29) is 23.9 Å². The molecule has 2 amide bonds. The van der Waals surface area contributed by atoms with Gasteiger partial charge in [0.15, 0.2) is 0 Å². The van der Waals surface area contributed by atoms with Crippen LogP contribution in [0, 0.1) is 0 Å². The predicted molar refractivity (Wildman–Crippen MR) is 124 cm³/mol. The van der Waals surface area contributed by atoms with Crippen molar-refractivity contribution in [2.45, 2.75) is 19.4 Å². The van der Waals surface area contributed by atoms with Crippen molar-refractivity contribution in [3.05, 3.63) is 63.8 Å². The second kappa shape index (κ2) is 8.09. The van der Waals surface area contributed by atoms with Gasteiger partial charge in [0.05, 0.1) is 11.7 Å². The van der Waals surface area contributed by atoms with Crippen molar-refractivity contribution in [3.8, 4) is 10.4 Å². The van der Waals surface area contributed by atoms with Gasteiger partial charge >= 0.3 is 0 Å². The maximum Gasteiger partial charge on any atom is 0.263 e. The third-order valence-corrected chi connectivity index (χ3v) is 6.99. The average molecular weight is 451 g/mol. The second-order valence-electron chi connectivity index (χ2n) is 7.23. The topological polar surface area (TPSA) is 84.3 Å². The van der Waals surface area contributed by atoms with E-state index in [1.165, 1.54) is 22.2 Å². The Balaban J connectivity index is 1.33. The first-order valence-corrected chi connectivity index (χ1v) is 11.6. The van der Waals surface area contributed by atoms with Gasteiger partial charge in [-0.25, -0.2) is 4.98 Å². The molecule has 5 rings (SSSR count). The molecule has 1 aliphatic heterocycles. The lowest BCUT2D eigenvalue weighted by molar-refractivity contribution is -0.117. The number of carbonyl (C=O) groups is 2. The van der Waals surface area contributed by atoms with Gasteiger partial charge in [-0.2, -0.15) is 0 Å². The molecule has 1 saturated heterocycles. The van der Waals surface area contributed by atoms with Crippen molar-refractivity contribution in [1.29, 1.82) is 0 Å². The fourth-order valence-electron chi connectivity index (χ4n) is 3.69. The van der Waals surface area contributed by atoms with E-state index in [1.807, 2.05) is 35.0 Å². The molecule has 4 heterocycles. The van der Waals surface area contributed by atoms with Crippen molar-refractivity contribution < 1.29 is 9.59 Å². The molecule has 1 fully saturated rings. The van der Waals surface area contributed by atoms with Gasteiger partial charge in [0.2, 0.25) is 11.8 Å². The first-order valence-electron chi connectivity index (χ1n) is 9.81. The molecule has 0 bridgehead atoms. The largest absolute Gasteiger partial charge is 0.325 e. The monoisotopic (exact) mass is 450 g/mol. The van der Waals surface area contributed by atoms with Crippen LogP contribution in [-0.4, -0.2) is 27.9 Å². The molecule has 0 radical (unpaired) electrons. The minimum atomic E-state index is -0.318. The number of anilines is 2. The maximum atomic E-state index is 13.0. The van der Waals surface area contributed by atoms with Crippen LogP contribution in [0.5, 0.6) is 0 Å². The molecule has 0 unspecified atom stereocenters. The quantitative estimate of drug-likeness (QED) is 0.499. The number of hydrogen-bond acceptors (Lipinski definition) is 6. The van der Waals surface area contributed by atoms with E-state index in [0.29, 0.717) is 22.3 Å². The molecule has 0 saturated carbocycles. The number of hydrogen-bond donors (Lipinski definition) is 1. The summed E-state index contributed by atoms with van der Waals surface area (Å²) in [5.41, 5.74) is 2.06. The molecule has 1 N–H and O–H groups in total. The van der Waals surface area contributed by atoms with Crippen LogP contribution >= 0.6 is 22.7 Å². The summed E-state index contributed by atoms with van der Waals surface area (Å²) in [7, 11) is 0.